The molecule has 2 N–H and O–H groups in total. The van der Waals surface area contributed by atoms with Gasteiger partial charge < -0.3 is 10.5 Å². The molecule has 0 bridgehead atoms. The predicted molar refractivity (Wildman–Crippen MR) is 70.0 cm³/mol. The molecule has 0 radical (unpaired) electrons. The first-order valence-electron chi connectivity index (χ1n) is 5.98. The van der Waals surface area contributed by atoms with Gasteiger partial charge in [0, 0.05) is 12.6 Å². The predicted octanol–water partition coefficient (Wildman–Crippen LogP) is 3.35. The van der Waals surface area contributed by atoms with Crippen molar-refractivity contribution in [2.75, 3.05) is 6.54 Å². The zero-order valence-corrected chi connectivity index (χ0v) is 10.6. The van der Waals surface area contributed by atoms with Crippen LogP contribution in [0.5, 0.6) is 5.75 Å². The fourth-order valence-electron chi connectivity index (χ4n) is 1.82. The summed E-state index contributed by atoms with van der Waals surface area (Å²) >= 11 is 0. The van der Waals surface area contributed by atoms with Crippen LogP contribution in [0.2, 0.25) is 0 Å². The average molecular weight is 263 g/mol. The second-order valence-electron chi connectivity index (χ2n) is 4.31. The monoisotopic (exact) mass is 263 g/mol. The van der Waals surface area contributed by atoms with Crippen LogP contribution >= 0.6 is 0 Å². The molecule has 2 aromatic carbocycles. The van der Waals surface area contributed by atoms with Crippen molar-refractivity contribution in [1.82, 2.24) is 0 Å². The Kier molecular flexibility index (Phi) is 4.12. The quantitative estimate of drug-likeness (QED) is 0.918. The van der Waals surface area contributed by atoms with Crippen LogP contribution in [0.1, 0.15) is 17.2 Å². The van der Waals surface area contributed by atoms with Gasteiger partial charge in [0.15, 0.2) is 0 Å². The zero-order chi connectivity index (χ0) is 13.8. The molecule has 100 valence electrons. The van der Waals surface area contributed by atoms with Gasteiger partial charge in [-0.25, -0.2) is 8.78 Å². The third kappa shape index (κ3) is 3.29. The smallest absolute Gasteiger partial charge is 0.136 e. The maximum absolute atomic E-state index is 13.2. The summed E-state index contributed by atoms with van der Waals surface area (Å²) in [5.41, 5.74) is 6.96. The van der Waals surface area contributed by atoms with Crippen molar-refractivity contribution in [2.45, 2.75) is 13.0 Å². The van der Waals surface area contributed by atoms with E-state index in [4.69, 9.17) is 10.5 Å². The lowest BCUT2D eigenvalue weighted by atomic mass is 10.1. The molecule has 0 amide bonds. The van der Waals surface area contributed by atoms with Crippen LogP contribution in [0.15, 0.2) is 42.5 Å². The van der Waals surface area contributed by atoms with Crippen LogP contribution in [0.25, 0.3) is 0 Å². The number of aryl methyl sites for hydroxylation is 1. The van der Waals surface area contributed by atoms with Gasteiger partial charge in [-0.05, 0) is 42.3 Å². The number of hydrogen-bond acceptors (Lipinski definition) is 2. The third-order valence-electron chi connectivity index (χ3n) is 2.84. The minimum atomic E-state index is -0.430. The zero-order valence-electron chi connectivity index (χ0n) is 10.6. The SMILES string of the molecule is Cc1cc(C(CN)Oc2cccc(F)c2)ccc1F. The van der Waals surface area contributed by atoms with Gasteiger partial charge in [0.25, 0.3) is 0 Å². The van der Waals surface area contributed by atoms with E-state index in [1.807, 2.05) is 0 Å². The van der Waals surface area contributed by atoms with E-state index in [0.717, 1.165) is 5.56 Å². The van der Waals surface area contributed by atoms with Crippen molar-refractivity contribution in [1.29, 1.82) is 0 Å². The van der Waals surface area contributed by atoms with Gasteiger partial charge in [0.05, 0.1) is 0 Å². The Morgan fingerprint density at radius 1 is 1.16 bits per heavy atom. The number of ether oxygens (including phenoxy) is 1. The number of halogens is 2. The van der Waals surface area contributed by atoms with Gasteiger partial charge in [-0.2, -0.15) is 0 Å². The van der Waals surface area contributed by atoms with Crippen molar-refractivity contribution in [2.24, 2.45) is 5.73 Å². The fourth-order valence-corrected chi connectivity index (χ4v) is 1.82. The first-order chi connectivity index (χ1) is 9.10. The summed E-state index contributed by atoms with van der Waals surface area (Å²) in [6, 6.07) is 10.5. The highest BCUT2D eigenvalue weighted by Crippen LogP contribution is 2.23. The van der Waals surface area contributed by atoms with E-state index in [-0.39, 0.29) is 18.2 Å². The molecule has 1 atom stereocenters. The molecule has 1 unspecified atom stereocenters. The number of benzene rings is 2. The lowest BCUT2D eigenvalue weighted by Crippen LogP contribution is -2.18. The number of nitrogens with two attached hydrogens (primary N) is 1. The van der Waals surface area contributed by atoms with E-state index < -0.39 is 6.10 Å². The molecular formula is C15H15F2NO. The lowest BCUT2D eigenvalue weighted by molar-refractivity contribution is 0.213. The van der Waals surface area contributed by atoms with Crippen molar-refractivity contribution in [3.05, 3.63) is 65.2 Å². The summed E-state index contributed by atoms with van der Waals surface area (Å²) in [6.07, 6.45) is -0.430. The first-order valence-corrected chi connectivity index (χ1v) is 5.98. The Hall–Kier alpha value is -1.94. The van der Waals surface area contributed by atoms with Crippen molar-refractivity contribution in [3.63, 3.8) is 0 Å². The molecule has 0 saturated heterocycles. The number of rotatable bonds is 4. The van der Waals surface area contributed by atoms with Gasteiger partial charge in [0.2, 0.25) is 0 Å². The van der Waals surface area contributed by atoms with E-state index >= 15 is 0 Å². The van der Waals surface area contributed by atoms with Crippen LogP contribution in [-0.4, -0.2) is 6.54 Å². The minimum absolute atomic E-state index is 0.224. The van der Waals surface area contributed by atoms with Gasteiger partial charge in [0.1, 0.15) is 23.5 Å². The maximum atomic E-state index is 13.2. The molecule has 2 aromatic rings. The fraction of sp³-hybridized carbons (Fsp3) is 0.200. The molecule has 0 heterocycles. The minimum Gasteiger partial charge on any atom is -0.484 e. The normalized spacial score (nSPS) is 12.2. The largest absolute Gasteiger partial charge is 0.484 e. The highest BCUT2D eigenvalue weighted by atomic mass is 19.1. The Bertz CT molecular complexity index is 572. The van der Waals surface area contributed by atoms with Gasteiger partial charge >= 0.3 is 0 Å². The van der Waals surface area contributed by atoms with Crippen molar-refractivity contribution < 1.29 is 13.5 Å². The van der Waals surface area contributed by atoms with Crippen LogP contribution in [0.3, 0.4) is 0 Å². The Balaban J connectivity index is 2.22. The van der Waals surface area contributed by atoms with Crippen LogP contribution in [0.4, 0.5) is 8.78 Å². The van der Waals surface area contributed by atoms with E-state index in [1.54, 1.807) is 31.2 Å². The van der Waals surface area contributed by atoms with Crippen molar-refractivity contribution >= 4 is 0 Å². The second kappa shape index (κ2) is 5.80. The summed E-state index contributed by atoms with van der Waals surface area (Å²) in [5, 5.41) is 0. The summed E-state index contributed by atoms with van der Waals surface area (Å²) in [7, 11) is 0. The molecule has 2 rings (SSSR count). The van der Waals surface area contributed by atoms with E-state index in [2.05, 4.69) is 0 Å². The molecule has 19 heavy (non-hydrogen) atoms. The third-order valence-corrected chi connectivity index (χ3v) is 2.84. The van der Waals surface area contributed by atoms with Gasteiger partial charge in [-0.3, -0.25) is 0 Å². The summed E-state index contributed by atoms with van der Waals surface area (Å²) in [4.78, 5) is 0. The second-order valence-corrected chi connectivity index (χ2v) is 4.31. The molecule has 0 aliphatic carbocycles. The lowest BCUT2D eigenvalue weighted by Gasteiger charge is -2.18. The molecule has 0 spiro atoms. The molecular weight excluding hydrogens is 248 g/mol. The van der Waals surface area contributed by atoms with E-state index in [0.29, 0.717) is 11.3 Å². The molecule has 0 aromatic heterocycles. The van der Waals surface area contributed by atoms with Crippen LogP contribution < -0.4 is 10.5 Å². The van der Waals surface area contributed by atoms with Crippen LogP contribution in [0, 0.1) is 18.6 Å². The van der Waals surface area contributed by atoms with Gasteiger partial charge in [-0.15, -0.1) is 0 Å². The summed E-state index contributed by atoms with van der Waals surface area (Å²) in [6.45, 7) is 1.90. The molecule has 0 fully saturated rings. The molecule has 0 aliphatic rings. The average Bonchev–Trinajstić information content (AvgIpc) is 2.39. The highest BCUT2D eigenvalue weighted by molar-refractivity contribution is 5.28. The van der Waals surface area contributed by atoms with E-state index in [9.17, 15) is 8.78 Å². The van der Waals surface area contributed by atoms with Crippen molar-refractivity contribution in [3.8, 4) is 5.75 Å². The molecule has 2 nitrogen and oxygen atoms in total. The topological polar surface area (TPSA) is 35.2 Å². The summed E-state index contributed by atoms with van der Waals surface area (Å²) in [5.74, 6) is -0.244. The van der Waals surface area contributed by atoms with Gasteiger partial charge in [-0.1, -0.05) is 12.1 Å². The standard InChI is InChI=1S/C15H15F2NO/c1-10-7-11(5-6-14(10)17)15(9-18)19-13-4-2-3-12(16)8-13/h2-8,15H,9,18H2,1H3. The molecule has 0 aliphatic heterocycles. The Labute approximate surface area is 110 Å². The molecule has 4 heteroatoms. The summed E-state index contributed by atoms with van der Waals surface area (Å²) < 4.78 is 31.9. The Morgan fingerprint density at radius 2 is 1.95 bits per heavy atom. The molecule has 0 saturated carbocycles. The van der Waals surface area contributed by atoms with Crippen LogP contribution in [-0.2, 0) is 0 Å². The highest BCUT2D eigenvalue weighted by Gasteiger charge is 2.13. The first kappa shape index (κ1) is 13.5. The Morgan fingerprint density at radius 3 is 2.58 bits per heavy atom. The maximum Gasteiger partial charge on any atom is 0.136 e. The van der Waals surface area contributed by atoms with E-state index in [1.165, 1.54) is 18.2 Å². The number of hydrogen-bond donors (Lipinski definition) is 1.